The van der Waals surface area contributed by atoms with E-state index in [0.717, 1.165) is 33.9 Å². The van der Waals surface area contributed by atoms with Gasteiger partial charge < -0.3 is 14.1 Å². The molecule has 0 N–H and O–H groups in total. The van der Waals surface area contributed by atoms with Crippen molar-refractivity contribution in [1.82, 2.24) is 4.57 Å². The number of anilines is 2. The number of benzene rings is 7. The van der Waals surface area contributed by atoms with Crippen LogP contribution in [0.1, 0.15) is 88.8 Å². The molecule has 3 nitrogen and oxygen atoms in total. The third-order valence-corrected chi connectivity index (χ3v) is 14.2. The Morgan fingerprint density at radius 3 is 2.07 bits per heavy atom. The largest absolute Gasteiger partial charge is 0.456 e. The van der Waals surface area contributed by atoms with Gasteiger partial charge in [-0.15, -0.1) is 0 Å². The van der Waals surface area contributed by atoms with Gasteiger partial charge in [0.2, 0.25) is 0 Å². The van der Waals surface area contributed by atoms with Crippen LogP contribution < -0.4 is 20.5 Å². The molecule has 0 spiro atoms. The first-order valence-electron chi connectivity index (χ1n) is 21.8. The number of ether oxygens (including phenoxy) is 1. The lowest BCUT2D eigenvalue weighted by Gasteiger charge is -2.43. The van der Waals surface area contributed by atoms with Gasteiger partial charge in [-0.3, -0.25) is 0 Å². The van der Waals surface area contributed by atoms with Crippen LogP contribution in [0.3, 0.4) is 0 Å². The molecule has 296 valence electrons. The Bertz CT molecular complexity index is 3280. The van der Waals surface area contributed by atoms with E-state index in [2.05, 4.69) is 205 Å². The minimum Gasteiger partial charge on any atom is -0.456 e. The van der Waals surface area contributed by atoms with E-state index in [-0.39, 0.29) is 23.1 Å². The molecule has 0 fully saturated rings. The van der Waals surface area contributed by atoms with Gasteiger partial charge in [0.25, 0.3) is 0 Å². The maximum Gasteiger partial charge on any atom is 0.333 e. The molecule has 1 aromatic heterocycles. The van der Waals surface area contributed by atoms with Crippen molar-refractivity contribution < 1.29 is 4.74 Å². The van der Waals surface area contributed by atoms with Gasteiger partial charge in [-0.25, -0.2) is 0 Å². The minimum atomic E-state index is -0.138. The molecule has 0 bridgehead atoms. The third-order valence-electron chi connectivity index (χ3n) is 14.2. The van der Waals surface area contributed by atoms with E-state index >= 15 is 0 Å². The summed E-state index contributed by atoms with van der Waals surface area (Å²) in [5.74, 6) is 1.65. The van der Waals surface area contributed by atoms with Crippen LogP contribution in [0.15, 0.2) is 146 Å². The van der Waals surface area contributed by atoms with Crippen molar-refractivity contribution in [3.63, 3.8) is 0 Å². The first-order valence-corrected chi connectivity index (χ1v) is 21.8. The normalized spacial score (nSPS) is 15.5. The van der Waals surface area contributed by atoms with Crippen molar-refractivity contribution in [1.29, 1.82) is 0 Å². The second kappa shape index (κ2) is 12.1. The van der Waals surface area contributed by atoms with Crippen molar-refractivity contribution in [2.45, 2.75) is 71.6 Å². The second-order valence-electron chi connectivity index (χ2n) is 20.3. The molecule has 8 aromatic rings. The molecule has 3 aliphatic heterocycles. The predicted octanol–water partition coefficient (Wildman–Crippen LogP) is 13.4. The molecular weight excluding hydrogens is 739 g/mol. The van der Waals surface area contributed by atoms with E-state index < -0.39 is 0 Å². The summed E-state index contributed by atoms with van der Waals surface area (Å²) < 4.78 is 9.50. The Balaban J connectivity index is 1.20. The molecule has 61 heavy (non-hydrogen) atoms. The highest BCUT2D eigenvalue weighted by Crippen LogP contribution is 2.53. The van der Waals surface area contributed by atoms with E-state index in [1.165, 1.54) is 88.6 Å². The number of hydrogen-bond donors (Lipinski definition) is 0. The Hall–Kier alpha value is -6.52. The summed E-state index contributed by atoms with van der Waals surface area (Å²) in [6, 6.07) is 50.4. The van der Waals surface area contributed by atoms with Crippen LogP contribution in [-0.2, 0) is 16.2 Å². The lowest BCUT2D eigenvalue weighted by molar-refractivity contribution is 0.509. The number of nitrogens with zero attached hydrogens (tertiary/aromatic N) is 2. The van der Waals surface area contributed by atoms with E-state index in [0.29, 0.717) is 0 Å². The topological polar surface area (TPSA) is 17.4 Å². The quantitative estimate of drug-likeness (QED) is 0.162. The Morgan fingerprint density at radius 1 is 0.590 bits per heavy atom. The van der Waals surface area contributed by atoms with Crippen molar-refractivity contribution in [2.24, 2.45) is 0 Å². The fourth-order valence-electron chi connectivity index (χ4n) is 10.9. The molecular formula is C57H49BN2O. The third kappa shape index (κ3) is 4.99. The van der Waals surface area contributed by atoms with E-state index in [4.69, 9.17) is 4.74 Å². The standard InChI is InChI=1S/C57H49BN2O/c1-33-27-51(34-15-11-10-12-16-34)61-52-32-50-47(30-41(33)52)58-53-39(43-28-36(56(5,6)7)21-26-48(43)60(58)37-22-19-35(20-23-37)55(2,3)4)24-25-40-44-29-42-38-17-13-14-18-45(38)57(8,9)46(42)31-49(44)59(50)54(40)53/h10-32H,1H2,2-9H3. The number of rotatable bonds is 2. The summed E-state index contributed by atoms with van der Waals surface area (Å²) in [6.45, 7) is 23.2. The molecule has 0 unspecified atom stereocenters. The number of allylic oxidation sites excluding steroid dienone is 2. The van der Waals surface area contributed by atoms with Crippen LogP contribution in [0.2, 0.25) is 0 Å². The highest BCUT2D eigenvalue weighted by molar-refractivity contribution is 6.93. The van der Waals surface area contributed by atoms with E-state index in [1.807, 2.05) is 6.07 Å². The predicted molar refractivity (Wildman–Crippen MR) is 259 cm³/mol. The van der Waals surface area contributed by atoms with Gasteiger partial charge in [0.15, 0.2) is 0 Å². The van der Waals surface area contributed by atoms with Crippen LogP contribution in [0.4, 0.5) is 11.4 Å². The zero-order chi connectivity index (χ0) is 41.9. The minimum absolute atomic E-state index is 0.0108. The number of fused-ring (bicyclic) bond motifs is 12. The van der Waals surface area contributed by atoms with Gasteiger partial charge in [0, 0.05) is 56.0 Å². The van der Waals surface area contributed by atoms with Gasteiger partial charge in [-0.2, -0.15) is 0 Å². The van der Waals surface area contributed by atoms with Crippen LogP contribution in [-0.4, -0.2) is 11.4 Å². The monoisotopic (exact) mass is 788 g/mol. The van der Waals surface area contributed by atoms with Crippen molar-refractivity contribution in [3.8, 4) is 33.7 Å². The molecule has 0 amide bonds. The van der Waals surface area contributed by atoms with Crippen molar-refractivity contribution in [2.75, 3.05) is 4.81 Å². The molecule has 0 saturated carbocycles. The highest BCUT2D eigenvalue weighted by atomic mass is 16.5. The van der Waals surface area contributed by atoms with Gasteiger partial charge >= 0.3 is 6.85 Å². The maximum absolute atomic E-state index is 6.91. The summed E-state index contributed by atoms with van der Waals surface area (Å²) in [6.07, 6.45) is 2.10. The van der Waals surface area contributed by atoms with Crippen LogP contribution in [0.25, 0.3) is 61.1 Å². The Morgan fingerprint density at radius 2 is 1.31 bits per heavy atom. The van der Waals surface area contributed by atoms with Crippen molar-refractivity contribution in [3.05, 3.63) is 179 Å². The van der Waals surface area contributed by atoms with Crippen LogP contribution >= 0.6 is 0 Å². The number of hydrogen-bond acceptors (Lipinski definition) is 2. The SMILES string of the molecule is C=C1C=C(c2ccccc2)Oc2cc3c(cc21)B1c2c(ccc4c5cc6c(cc5n-3c24)C(C)(C)c2ccccc2-6)-c2cc(C(C)(C)C)ccc2N1c1ccc(C(C)(C)C)cc1. The average Bonchev–Trinajstić information content (AvgIpc) is 3.69. The molecule has 12 rings (SSSR count). The average molecular weight is 789 g/mol. The molecule has 4 heterocycles. The first kappa shape index (κ1) is 36.3. The van der Waals surface area contributed by atoms with E-state index in [1.54, 1.807) is 0 Å². The summed E-state index contributed by atoms with van der Waals surface area (Å²) >= 11 is 0. The second-order valence-corrected chi connectivity index (χ2v) is 20.3. The molecule has 4 heteroatoms. The van der Waals surface area contributed by atoms with Gasteiger partial charge in [-0.1, -0.05) is 153 Å². The Labute approximate surface area is 359 Å². The molecule has 0 saturated heterocycles. The van der Waals surface area contributed by atoms with Crippen LogP contribution in [0.5, 0.6) is 5.75 Å². The van der Waals surface area contributed by atoms with Gasteiger partial charge in [-0.05, 0) is 109 Å². The smallest absolute Gasteiger partial charge is 0.333 e. The molecule has 1 aliphatic carbocycles. The fourth-order valence-corrected chi connectivity index (χ4v) is 10.9. The highest BCUT2D eigenvalue weighted by Gasteiger charge is 2.46. The first-order chi connectivity index (χ1) is 29.2. The summed E-state index contributed by atoms with van der Waals surface area (Å²) in [5.41, 5.74) is 22.2. The van der Waals surface area contributed by atoms with Gasteiger partial charge in [0.05, 0.1) is 11.0 Å². The molecule has 0 atom stereocenters. The summed E-state index contributed by atoms with van der Waals surface area (Å²) in [4.78, 5) is 2.62. The van der Waals surface area contributed by atoms with Crippen LogP contribution in [0, 0.1) is 0 Å². The zero-order valence-corrected chi connectivity index (χ0v) is 36.4. The molecule has 7 aromatic carbocycles. The summed E-state index contributed by atoms with van der Waals surface area (Å²) in [5, 5.41) is 2.56. The zero-order valence-electron chi connectivity index (χ0n) is 36.4. The molecule has 4 aliphatic rings. The number of aromatic nitrogens is 1. The maximum atomic E-state index is 6.91. The lowest BCUT2D eigenvalue weighted by Crippen LogP contribution is -2.60. The van der Waals surface area contributed by atoms with Gasteiger partial charge in [0.1, 0.15) is 11.5 Å². The van der Waals surface area contributed by atoms with Crippen molar-refractivity contribution >= 4 is 62.3 Å². The fraction of sp³-hybridized carbons (Fsp3) is 0.193. The van der Waals surface area contributed by atoms with E-state index in [9.17, 15) is 0 Å². The Kier molecular flexibility index (Phi) is 7.19. The molecule has 0 radical (unpaired) electrons. The lowest BCUT2D eigenvalue weighted by atomic mass is 9.43. The summed E-state index contributed by atoms with van der Waals surface area (Å²) in [7, 11) is 0.